The molecule has 0 radical (unpaired) electrons. The van der Waals surface area contributed by atoms with Crippen LogP contribution >= 0.6 is 34.8 Å². The van der Waals surface area contributed by atoms with Crippen molar-refractivity contribution in [2.24, 2.45) is 0 Å². The van der Waals surface area contributed by atoms with Crippen LogP contribution in [0.1, 0.15) is 0 Å². The second kappa shape index (κ2) is 13.2. The van der Waals surface area contributed by atoms with E-state index in [-0.39, 0.29) is 10.6 Å². The first-order valence-corrected chi connectivity index (χ1v) is 12.2. The number of halogens is 3. The fourth-order valence-electron chi connectivity index (χ4n) is 3.47. The summed E-state index contributed by atoms with van der Waals surface area (Å²) in [5.41, 5.74) is 2.19. The smallest absolute Gasteiger partial charge is 0.423 e. The molecular weight excluding hydrogens is 545 g/mol. The van der Waals surface area contributed by atoms with Crippen LogP contribution in [0.15, 0.2) is 97.8 Å². The van der Waals surface area contributed by atoms with Crippen LogP contribution in [-0.4, -0.2) is 47.1 Å². The molecule has 4 aromatic heterocycles. The molecule has 0 bridgehead atoms. The summed E-state index contributed by atoms with van der Waals surface area (Å²) in [5.74, 6) is 0. The number of rotatable bonds is 2. The summed E-state index contributed by atoms with van der Waals surface area (Å²) in [5, 5.41) is 22.8. The Morgan fingerprint density at radius 2 is 1.18 bits per heavy atom. The van der Waals surface area contributed by atoms with Crippen LogP contribution in [0.5, 0.6) is 0 Å². The largest absolute Gasteiger partial charge is 0.490 e. The first kappa shape index (κ1) is 27.3. The summed E-state index contributed by atoms with van der Waals surface area (Å²) in [6, 6.07) is 18.9. The van der Waals surface area contributed by atoms with E-state index in [9.17, 15) is 0 Å². The first-order valence-electron chi connectivity index (χ1n) is 11.1. The molecule has 8 nitrogen and oxygen atoms in total. The third-order valence-corrected chi connectivity index (χ3v) is 5.71. The van der Waals surface area contributed by atoms with Gasteiger partial charge in [-0.25, -0.2) is 19.9 Å². The molecule has 0 unspecified atom stereocenters. The zero-order valence-electron chi connectivity index (χ0n) is 19.5. The summed E-state index contributed by atoms with van der Waals surface area (Å²) in [6.07, 6.45) is 9.93. The van der Waals surface area contributed by atoms with E-state index in [1.807, 2.05) is 60.8 Å². The Kier molecular flexibility index (Phi) is 9.48. The lowest BCUT2D eigenvalue weighted by Crippen LogP contribution is -2.30. The highest BCUT2D eigenvalue weighted by molar-refractivity contribution is 6.61. The molecule has 0 saturated carbocycles. The van der Waals surface area contributed by atoms with Gasteiger partial charge in [-0.2, -0.15) is 0 Å². The maximum atomic E-state index is 9.04. The SMILES string of the molecule is Clc1ccnc(Cl)n1.Clc1nccc(-c2cncc3ccccc23)n1.OB(O)c1cncc2ccccc12. The molecule has 6 aromatic rings. The number of pyridine rings is 2. The summed E-state index contributed by atoms with van der Waals surface area (Å²) in [7, 11) is -1.46. The summed E-state index contributed by atoms with van der Waals surface area (Å²) < 4.78 is 0. The van der Waals surface area contributed by atoms with Gasteiger partial charge in [0.05, 0.1) is 5.69 Å². The van der Waals surface area contributed by atoms with E-state index in [2.05, 4.69) is 29.9 Å². The predicted octanol–water partition coefficient (Wildman–Crippen LogP) is 5.04. The second-order valence-corrected chi connectivity index (χ2v) is 8.65. The normalized spacial score (nSPS) is 10.2. The van der Waals surface area contributed by atoms with Crippen molar-refractivity contribution in [1.29, 1.82) is 0 Å². The Morgan fingerprint density at radius 3 is 1.79 bits per heavy atom. The summed E-state index contributed by atoms with van der Waals surface area (Å²) >= 11 is 16.6. The molecule has 0 fully saturated rings. The molecule has 4 heterocycles. The van der Waals surface area contributed by atoms with Gasteiger partial charge in [0.2, 0.25) is 10.6 Å². The summed E-state index contributed by atoms with van der Waals surface area (Å²) in [6.45, 7) is 0. The summed E-state index contributed by atoms with van der Waals surface area (Å²) in [4.78, 5) is 23.4. The van der Waals surface area contributed by atoms with Gasteiger partial charge in [-0.1, -0.05) is 60.1 Å². The third kappa shape index (κ3) is 7.19. The lowest BCUT2D eigenvalue weighted by Gasteiger charge is -2.04. The van der Waals surface area contributed by atoms with Crippen molar-refractivity contribution in [1.82, 2.24) is 29.9 Å². The molecule has 0 saturated heterocycles. The van der Waals surface area contributed by atoms with Gasteiger partial charge in [0.1, 0.15) is 5.15 Å². The Balaban J connectivity index is 0.000000142. The van der Waals surface area contributed by atoms with Gasteiger partial charge in [0, 0.05) is 53.6 Å². The zero-order chi connectivity index (χ0) is 26.9. The van der Waals surface area contributed by atoms with Gasteiger partial charge in [-0.05, 0) is 51.5 Å². The highest BCUT2D eigenvalue weighted by atomic mass is 35.5. The quantitative estimate of drug-likeness (QED) is 0.171. The fourth-order valence-corrected chi connectivity index (χ4v) is 3.94. The van der Waals surface area contributed by atoms with Crippen LogP contribution in [0, 0.1) is 0 Å². The molecule has 12 heteroatoms. The molecule has 0 amide bonds. The molecule has 6 rings (SSSR count). The third-order valence-electron chi connectivity index (χ3n) is 5.14. The van der Waals surface area contributed by atoms with E-state index >= 15 is 0 Å². The lowest BCUT2D eigenvalue weighted by molar-refractivity contribution is 0.426. The van der Waals surface area contributed by atoms with Crippen molar-refractivity contribution in [3.8, 4) is 11.3 Å². The Hall–Kier alpha value is -3.73. The molecule has 0 aliphatic heterocycles. The van der Waals surface area contributed by atoms with E-state index in [0.717, 1.165) is 32.8 Å². The number of hydrogen-bond donors (Lipinski definition) is 2. The average Bonchev–Trinajstić information content (AvgIpc) is 2.93. The van der Waals surface area contributed by atoms with Crippen molar-refractivity contribution in [3.05, 3.63) is 114 Å². The maximum Gasteiger partial charge on any atom is 0.490 e. The topological polar surface area (TPSA) is 118 Å². The van der Waals surface area contributed by atoms with Gasteiger partial charge in [-0.3, -0.25) is 9.97 Å². The number of aromatic nitrogens is 6. The van der Waals surface area contributed by atoms with Gasteiger partial charge < -0.3 is 10.0 Å². The van der Waals surface area contributed by atoms with Crippen LogP contribution in [0.25, 0.3) is 32.8 Å². The van der Waals surface area contributed by atoms with Gasteiger partial charge in [-0.15, -0.1) is 0 Å². The highest BCUT2D eigenvalue weighted by Gasteiger charge is 2.14. The lowest BCUT2D eigenvalue weighted by atomic mass is 9.78. The van der Waals surface area contributed by atoms with Crippen LogP contribution in [-0.2, 0) is 0 Å². The maximum absolute atomic E-state index is 9.04. The monoisotopic (exact) mass is 562 g/mol. The number of nitrogens with zero attached hydrogens (tertiary/aromatic N) is 6. The van der Waals surface area contributed by atoms with E-state index < -0.39 is 7.12 Å². The van der Waals surface area contributed by atoms with Crippen LogP contribution in [0.3, 0.4) is 0 Å². The molecule has 0 spiro atoms. The first-order chi connectivity index (χ1) is 18.4. The average molecular weight is 564 g/mol. The molecule has 2 aromatic carbocycles. The van der Waals surface area contributed by atoms with Gasteiger partial charge in [0.25, 0.3) is 0 Å². The Morgan fingerprint density at radius 1 is 0.605 bits per heavy atom. The molecular formula is C26H18BCl3N6O2. The minimum atomic E-state index is -1.46. The molecule has 2 N–H and O–H groups in total. The van der Waals surface area contributed by atoms with Gasteiger partial charge >= 0.3 is 7.12 Å². The van der Waals surface area contributed by atoms with Crippen molar-refractivity contribution < 1.29 is 10.0 Å². The minimum Gasteiger partial charge on any atom is -0.423 e. The van der Waals surface area contributed by atoms with E-state index in [1.165, 1.54) is 12.4 Å². The Labute approximate surface area is 233 Å². The fraction of sp³-hybridized carbons (Fsp3) is 0. The number of fused-ring (bicyclic) bond motifs is 2. The molecule has 188 valence electrons. The van der Waals surface area contributed by atoms with E-state index in [1.54, 1.807) is 24.7 Å². The van der Waals surface area contributed by atoms with Crippen molar-refractivity contribution in [3.63, 3.8) is 0 Å². The van der Waals surface area contributed by atoms with Gasteiger partial charge in [0.15, 0.2) is 0 Å². The predicted molar refractivity (Wildman–Crippen MR) is 151 cm³/mol. The highest BCUT2D eigenvalue weighted by Crippen LogP contribution is 2.26. The molecule has 0 aliphatic carbocycles. The number of benzene rings is 2. The molecule has 0 aliphatic rings. The second-order valence-electron chi connectivity index (χ2n) is 7.59. The van der Waals surface area contributed by atoms with E-state index in [0.29, 0.717) is 10.6 Å². The van der Waals surface area contributed by atoms with Crippen LogP contribution in [0.2, 0.25) is 15.7 Å². The standard InChI is InChI=1S/C13H8ClN3.C9H8BNO2.C4H2Cl2N2/c14-13-16-6-5-12(17-13)11-8-15-7-9-3-1-2-4-10(9)11;12-10(13)9-6-11-5-7-3-1-2-4-8(7)9;5-3-1-2-7-4(6)8-3/h1-8H;1-6,12-13H;1-2H. The van der Waals surface area contributed by atoms with Crippen molar-refractivity contribution in [2.75, 3.05) is 0 Å². The minimum absolute atomic E-state index is 0.178. The van der Waals surface area contributed by atoms with E-state index in [4.69, 9.17) is 44.9 Å². The number of hydrogen-bond acceptors (Lipinski definition) is 8. The Bertz CT molecular complexity index is 1650. The zero-order valence-corrected chi connectivity index (χ0v) is 21.8. The van der Waals surface area contributed by atoms with Crippen molar-refractivity contribution >= 4 is 68.9 Å². The molecule has 0 atom stereocenters. The van der Waals surface area contributed by atoms with Crippen LogP contribution < -0.4 is 5.46 Å². The molecule has 38 heavy (non-hydrogen) atoms. The van der Waals surface area contributed by atoms with Crippen molar-refractivity contribution in [2.45, 2.75) is 0 Å². The van der Waals surface area contributed by atoms with Crippen LogP contribution in [0.4, 0.5) is 0 Å².